The van der Waals surface area contributed by atoms with Gasteiger partial charge in [0.15, 0.2) is 12.5 Å². The lowest BCUT2D eigenvalue weighted by molar-refractivity contribution is -0.645. The van der Waals surface area contributed by atoms with Gasteiger partial charge in [-0.05, 0) is 46.0 Å². The number of thioether (sulfide) groups is 1. The number of fused-ring (bicyclic) bond motifs is 1. The molecule has 0 bridgehead atoms. The number of imide groups is 1. The zero-order valence-electron chi connectivity index (χ0n) is 26.3. The van der Waals surface area contributed by atoms with Gasteiger partial charge in [0.1, 0.15) is 0 Å². The summed E-state index contributed by atoms with van der Waals surface area (Å²) in [5.74, 6) is -0.0351. The highest BCUT2D eigenvalue weighted by Gasteiger charge is 2.39. The van der Waals surface area contributed by atoms with Gasteiger partial charge in [-0.1, -0.05) is 104 Å². The third kappa shape index (κ3) is 6.25. The summed E-state index contributed by atoms with van der Waals surface area (Å²) in [5, 5.41) is 22.5. The average Bonchev–Trinajstić information content (AvgIpc) is 3.37. The van der Waals surface area contributed by atoms with Gasteiger partial charge < -0.3 is 19.8 Å². The second-order valence-electron chi connectivity index (χ2n) is 12.0. The molecule has 4 atom stereocenters. The van der Waals surface area contributed by atoms with Crippen LogP contribution in [0.15, 0.2) is 126 Å². The second-order valence-corrected chi connectivity index (χ2v) is 13.1. The van der Waals surface area contributed by atoms with Crippen LogP contribution in [0.4, 0.5) is 0 Å². The van der Waals surface area contributed by atoms with Crippen molar-refractivity contribution in [2.75, 3.05) is 5.75 Å². The predicted octanol–water partition coefficient (Wildman–Crippen LogP) is 6.86. The van der Waals surface area contributed by atoms with E-state index in [-0.39, 0.29) is 43.1 Å². The van der Waals surface area contributed by atoms with Crippen molar-refractivity contribution in [1.29, 1.82) is 0 Å². The molecule has 3 heterocycles. The van der Waals surface area contributed by atoms with Crippen LogP contribution >= 0.6 is 11.8 Å². The fraction of sp³-hybridized carbons (Fsp3) is 0.205. The van der Waals surface area contributed by atoms with Gasteiger partial charge in [0.25, 0.3) is 16.8 Å². The third-order valence-electron chi connectivity index (χ3n) is 9.03. The van der Waals surface area contributed by atoms with Gasteiger partial charge in [-0.2, -0.15) is 4.73 Å². The molecule has 1 saturated heterocycles. The summed E-state index contributed by atoms with van der Waals surface area (Å²) in [7, 11) is 0. The lowest BCUT2D eigenvalue weighted by atomic mass is 9.91. The van der Waals surface area contributed by atoms with E-state index in [0.717, 1.165) is 38.1 Å². The van der Waals surface area contributed by atoms with Crippen molar-refractivity contribution in [2.24, 2.45) is 5.92 Å². The maximum Gasteiger partial charge on any atom is 0.261 e. The van der Waals surface area contributed by atoms with E-state index in [4.69, 9.17) is 9.47 Å². The number of aliphatic hydroxyl groups is 1. The number of aliphatic hydroxyl groups excluding tert-OH is 1. The molecule has 1 N–H and O–H groups in total. The van der Waals surface area contributed by atoms with Crippen molar-refractivity contribution in [1.82, 2.24) is 4.90 Å². The number of nitrogens with zero attached hydrogens (tertiary/aromatic N) is 2. The van der Waals surface area contributed by atoms with Crippen LogP contribution in [0.2, 0.25) is 0 Å². The molecular weight excluding hydrogens is 625 g/mol. The molecule has 2 amide bonds. The highest BCUT2D eigenvalue weighted by Crippen LogP contribution is 2.43. The number of amides is 2. The van der Waals surface area contributed by atoms with Crippen molar-refractivity contribution in [3.63, 3.8) is 0 Å². The molecule has 5 aromatic rings. The number of carbonyl (C=O) groups excluding carboxylic acids is 2. The van der Waals surface area contributed by atoms with Gasteiger partial charge in [-0.3, -0.25) is 14.5 Å². The summed E-state index contributed by atoms with van der Waals surface area (Å²) in [5.41, 5.74) is 6.23. The Bertz CT molecular complexity index is 1910. The van der Waals surface area contributed by atoms with Crippen molar-refractivity contribution in [2.45, 2.75) is 43.6 Å². The molecule has 2 aliphatic rings. The van der Waals surface area contributed by atoms with Crippen molar-refractivity contribution < 1.29 is 28.9 Å². The summed E-state index contributed by atoms with van der Waals surface area (Å²) in [6, 6.07) is 35.8. The molecule has 1 aromatic heterocycles. The molecule has 0 aliphatic carbocycles. The number of hydrogen-bond donors (Lipinski definition) is 1. The Balaban J connectivity index is 1.13. The fourth-order valence-corrected chi connectivity index (χ4v) is 7.39. The molecule has 7 rings (SSSR count). The van der Waals surface area contributed by atoms with Crippen LogP contribution in [0.5, 0.6) is 0 Å². The van der Waals surface area contributed by atoms with E-state index in [1.54, 1.807) is 36.4 Å². The number of aromatic nitrogens is 1. The zero-order chi connectivity index (χ0) is 33.2. The highest BCUT2D eigenvalue weighted by molar-refractivity contribution is 7.99. The molecule has 242 valence electrons. The molecule has 0 spiro atoms. The molecule has 0 radical (unpaired) electrons. The van der Waals surface area contributed by atoms with Gasteiger partial charge in [0, 0.05) is 29.4 Å². The first-order valence-electron chi connectivity index (χ1n) is 15.9. The largest absolute Gasteiger partial charge is 0.618 e. The Morgan fingerprint density at radius 2 is 1.40 bits per heavy atom. The number of rotatable bonds is 9. The van der Waals surface area contributed by atoms with Gasteiger partial charge in [-0.15, -0.1) is 0 Å². The van der Waals surface area contributed by atoms with Crippen LogP contribution in [-0.4, -0.2) is 33.7 Å². The lowest BCUT2D eigenvalue weighted by Gasteiger charge is -2.41. The SMILES string of the molecule is C[C@H]1[C@@H](CSc2cccc[n+]2[O-])O[C@@H](c2ccc(-c3ccccc3CN3C(=O)c4ccccc4C3=O)cc2)O[C@H]1c1ccc(CO)cc1. The van der Waals surface area contributed by atoms with Crippen LogP contribution in [0.1, 0.15) is 62.3 Å². The van der Waals surface area contributed by atoms with E-state index in [1.807, 2.05) is 78.9 Å². The molecule has 9 heteroatoms. The summed E-state index contributed by atoms with van der Waals surface area (Å²) in [6.45, 7) is 2.22. The third-order valence-corrected chi connectivity index (χ3v) is 10.1. The fourth-order valence-electron chi connectivity index (χ4n) is 6.31. The highest BCUT2D eigenvalue weighted by atomic mass is 32.2. The van der Waals surface area contributed by atoms with E-state index in [9.17, 15) is 19.9 Å². The standard InChI is InChI=1S/C39H34N2O6S/c1-25-34(24-48-35-12-6-7-21-41(35)45)46-39(47-36(25)28-15-13-26(23-42)14-16-28)29-19-17-27(18-20-29)31-9-3-2-8-30(31)22-40-37(43)32-10-4-5-11-33(32)38(40)44/h2-21,25,34,36,39,42H,22-24H2,1H3/t25-,34+,36+,39+/m0/s1. The Morgan fingerprint density at radius 3 is 2.06 bits per heavy atom. The second kappa shape index (κ2) is 13.7. The minimum atomic E-state index is -0.660. The van der Waals surface area contributed by atoms with Gasteiger partial charge in [0.05, 0.1) is 36.5 Å². The van der Waals surface area contributed by atoms with E-state index in [2.05, 4.69) is 6.92 Å². The number of carbonyl (C=O) groups is 2. The van der Waals surface area contributed by atoms with Gasteiger partial charge in [-0.25, -0.2) is 0 Å². The molecule has 1 fully saturated rings. The molecule has 0 saturated carbocycles. The van der Waals surface area contributed by atoms with Crippen molar-refractivity contribution in [3.05, 3.63) is 160 Å². The Kier molecular flexibility index (Phi) is 9.10. The number of ether oxygens (including phenoxy) is 2. The molecular formula is C39H34N2O6S. The van der Waals surface area contributed by atoms with E-state index in [1.165, 1.54) is 22.9 Å². The Hall–Kier alpha value is -4.80. The van der Waals surface area contributed by atoms with Crippen LogP contribution in [0, 0.1) is 11.1 Å². The first kappa shape index (κ1) is 31.8. The van der Waals surface area contributed by atoms with Crippen molar-refractivity contribution >= 4 is 23.6 Å². The Morgan fingerprint density at radius 1 is 0.771 bits per heavy atom. The normalized spacial score (nSPS) is 20.6. The van der Waals surface area contributed by atoms with Crippen LogP contribution in [0.25, 0.3) is 11.1 Å². The first-order chi connectivity index (χ1) is 23.4. The predicted molar refractivity (Wildman–Crippen MR) is 182 cm³/mol. The average molecular weight is 659 g/mol. The Labute approximate surface area is 283 Å². The van der Waals surface area contributed by atoms with E-state index < -0.39 is 6.29 Å². The number of benzene rings is 4. The van der Waals surface area contributed by atoms with Crippen LogP contribution in [-0.2, 0) is 22.6 Å². The molecule has 8 nitrogen and oxygen atoms in total. The van der Waals surface area contributed by atoms with Crippen LogP contribution in [0.3, 0.4) is 0 Å². The summed E-state index contributed by atoms with van der Waals surface area (Å²) in [4.78, 5) is 27.5. The first-order valence-corrected chi connectivity index (χ1v) is 16.8. The molecule has 4 aromatic carbocycles. The lowest BCUT2D eigenvalue weighted by Crippen LogP contribution is -2.39. The van der Waals surface area contributed by atoms with Crippen molar-refractivity contribution in [3.8, 4) is 11.1 Å². The topological polar surface area (TPSA) is 103 Å². The number of pyridine rings is 1. The molecule has 2 aliphatic heterocycles. The molecule has 0 unspecified atom stereocenters. The maximum absolute atomic E-state index is 13.1. The summed E-state index contributed by atoms with van der Waals surface area (Å²) in [6.07, 6.45) is 0.325. The van der Waals surface area contributed by atoms with E-state index >= 15 is 0 Å². The quantitative estimate of drug-likeness (QED) is 0.0799. The van der Waals surface area contributed by atoms with Gasteiger partial charge in [0.2, 0.25) is 0 Å². The maximum atomic E-state index is 13.1. The summed E-state index contributed by atoms with van der Waals surface area (Å²) < 4.78 is 14.1. The van der Waals surface area contributed by atoms with Crippen LogP contribution < -0.4 is 4.73 Å². The monoisotopic (exact) mass is 658 g/mol. The minimum Gasteiger partial charge on any atom is -0.618 e. The number of hydrogen-bond acceptors (Lipinski definition) is 7. The zero-order valence-corrected chi connectivity index (χ0v) is 27.1. The minimum absolute atomic E-state index is 0.0224. The molecule has 48 heavy (non-hydrogen) atoms. The smallest absolute Gasteiger partial charge is 0.261 e. The van der Waals surface area contributed by atoms with Gasteiger partial charge >= 0.3 is 0 Å². The van der Waals surface area contributed by atoms with E-state index in [0.29, 0.717) is 21.9 Å². The summed E-state index contributed by atoms with van der Waals surface area (Å²) >= 11 is 1.45.